The number of aromatic amines is 1. The number of nitrogens with one attached hydrogen (secondary N) is 1. The van der Waals surface area contributed by atoms with E-state index in [0.29, 0.717) is 34.2 Å². The zero-order valence-corrected chi connectivity index (χ0v) is 12.6. The van der Waals surface area contributed by atoms with Crippen molar-refractivity contribution < 1.29 is 4.79 Å². The van der Waals surface area contributed by atoms with Gasteiger partial charge in [-0.1, -0.05) is 11.6 Å². The number of hydrogen-bond acceptors (Lipinski definition) is 5. The van der Waals surface area contributed by atoms with Gasteiger partial charge in [0.25, 0.3) is 0 Å². The predicted octanol–water partition coefficient (Wildman–Crippen LogP) is 2.40. The molecule has 0 bridgehead atoms. The Bertz CT molecular complexity index is 1050. The molecule has 3 N–H and O–H groups in total. The number of H-pyrrole nitrogens is 1. The molecule has 0 saturated heterocycles. The van der Waals surface area contributed by atoms with E-state index in [-0.39, 0.29) is 0 Å². The van der Waals surface area contributed by atoms with E-state index >= 15 is 0 Å². The molecule has 1 aromatic carbocycles. The van der Waals surface area contributed by atoms with Gasteiger partial charge in [-0.25, -0.2) is 15.0 Å². The van der Waals surface area contributed by atoms with E-state index in [4.69, 9.17) is 17.3 Å². The summed E-state index contributed by atoms with van der Waals surface area (Å²) in [7, 11) is 0. The van der Waals surface area contributed by atoms with Crippen molar-refractivity contribution in [3.8, 4) is 0 Å². The molecule has 4 rings (SSSR count). The van der Waals surface area contributed by atoms with Crippen LogP contribution < -0.4 is 5.73 Å². The van der Waals surface area contributed by atoms with Gasteiger partial charge >= 0.3 is 0 Å². The van der Waals surface area contributed by atoms with Gasteiger partial charge in [0.05, 0.1) is 24.1 Å². The van der Waals surface area contributed by atoms with Crippen LogP contribution in [0.25, 0.3) is 22.1 Å². The Morgan fingerprint density at radius 1 is 1.26 bits per heavy atom. The SMILES string of the molecule is Nc1ncnc2c1ncn2Cc1cc(Cl)cc2cc(C=O)[nH]c12. The molecule has 0 spiro atoms. The second kappa shape index (κ2) is 5.06. The van der Waals surface area contributed by atoms with Crippen LogP contribution >= 0.6 is 11.6 Å². The first-order valence-corrected chi connectivity index (χ1v) is 7.21. The Labute approximate surface area is 135 Å². The fraction of sp³-hybridized carbons (Fsp3) is 0.0667. The molecule has 0 aliphatic heterocycles. The third-order valence-electron chi connectivity index (χ3n) is 3.69. The van der Waals surface area contributed by atoms with Crippen molar-refractivity contribution in [2.24, 2.45) is 0 Å². The molecule has 0 amide bonds. The number of aromatic nitrogens is 5. The fourth-order valence-corrected chi connectivity index (χ4v) is 2.94. The normalized spacial score (nSPS) is 11.3. The lowest BCUT2D eigenvalue weighted by Crippen LogP contribution is -2.01. The molecule has 4 aromatic rings. The second-order valence-electron chi connectivity index (χ2n) is 5.18. The molecule has 0 unspecified atom stereocenters. The van der Waals surface area contributed by atoms with Gasteiger partial charge in [0, 0.05) is 10.4 Å². The van der Waals surface area contributed by atoms with Gasteiger partial charge in [0.15, 0.2) is 17.8 Å². The topological polar surface area (TPSA) is 102 Å². The van der Waals surface area contributed by atoms with E-state index in [9.17, 15) is 4.79 Å². The van der Waals surface area contributed by atoms with Gasteiger partial charge in [-0.15, -0.1) is 0 Å². The highest BCUT2D eigenvalue weighted by Crippen LogP contribution is 2.26. The van der Waals surface area contributed by atoms with Crippen LogP contribution in [0.15, 0.2) is 30.9 Å². The van der Waals surface area contributed by atoms with Crippen molar-refractivity contribution in [2.45, 2.75) is 6.54 Å². The first-order chi connectivity index (χ1) is 11.2. The molecule has 0 radical (unpaired) electrons. The number of anilines is 1. The maximum absolute atomic E-state index is 11.0. The fourth-order valence-electron chi connectivity index (χ4n) is 2.69. The summed E-state index contributed by atoms with van der Waals surface area (Å²) in [5.41, 5.74) is 9.31. The number of imidazole rings is 1. The number of carbonyl (C=O) groups is 1. The highest BCUT2D eigenvalue weighted by atomic mass is 35.5. The van der Waals surface area contributed by atoms with E-state index in [1.54, 1.807) is 12.4 Å². The first-order valence-electron chi connectivity index (χ1n) is 6.83. The summed E-state index contributed by atoms with van der Waals surface area (Å²) in [6.07, 6.45) is 3.84. The minimum absolute atomic E-state index is 0.341. The summed E-state index contributed by atoms with van der Waals surface area (Å²) in [6, 6.07) is 5.44. The molecule has 3 aromatic heterocycles. The minimum Gasteiger partial charge on any atom is -0.382 e. The number of nitrogen functional groups attached to an aromatic ring is 1. The maximum Gasteiger partial charge on any atom is 0.166 e. The van der Waals surface area contributed by atoms with Crippen molar-refractivity contribution in [1.82, 2.24) is 24.5 Å². The first kappa shape index (κ1) is 13.7. The highest BCUT2D eigenvalue weighted by molar-refractivity contribution is 6.31. The van der Waals surface area contributed by atoms with Crippen molar-refractivity contribution in [2.75, 3.05) is 5.73 Å². The van der Waals surface area contributed by atoms with Gasteiger partial charge < -0.3 is 15.3 Å². The van der Waals surface area contributed by atoms with Gasteiger partial charge in [-0.05, 0) is 23.8 Å². The lowest BCUT2D eigenvalue weighted by atomic mass is 10.1. The summed E-state index contributed by atoms with van der Waals surface area (Å²) in [4.78, 5) is 26.5. The number of benzene rings is 1. The van der Waals surface area contributed by atoms with Crippen molar-refractivity contribution in [3.63, 3.8) is 0 Å². The monoisotopic (exact) mass is 326 g/mol. The number of nitrogens with two attached hydrogens (primary N) is 1. The average molecular weight is 327 g/mol. The van der Waals surface area contributed by atoms with Gasteiger partial charge in [0.2, 0.25) is 0 Å². The Morgan fingerprint density at radius 2 is 2.13 bits per heavy atom. The van der Waals surface area contributed by atoms with Crippen LogP contribution in [0.1, 0.15) is 16.1 Å². The number of rotatable bonds is 3. The van der Waals surface area contributed by atoms with Crippen molar-refractivity contribution in [3.05, 3.63) is 47.1 Å². The van der Waals surface area contributed by atoms with Crippen LogP contribution in [-0.4, -0.2) is 30.8 Å². The maximum atomic E-state index is 11.0. The average Bonchev–Trinajstić information content (AvgIpc) is 3.12. The van der Waals surface area contributed by atoms with E-state index in [1.807, 2.05) is 16.7 Å². The summed E-state index contributed by atoms with van der Waals surface area (Å²) in [6.45, 7) is 0.489. The lowest BCUT2D eigenvalue weighted by Gasteiger charge is -2.07. The van der Waals surface area contributed by atoms with E-state index < -0.39 is 0 Å². The Kier molecular flexibility index (Phi) is 3.02. The number of carbonyl (C=O) groups excluding carboxylic acids is 1. The molecule has 0 fully saturated rings. The van der Waals surface area contributed by atoms with Gasteiger partial charge in [-0.2, -0.15) is 0 Å². The molecule has 3 heterocycles. The largest absolute Gasteiger partial charge is 0.382 e. The van der Waals surface area contributed by atoms with Gasteiger partial charge in [-0.3, -0.25) is 4.79 Å². The quantitative estimate of drug-likeness (QED) is 0.563. The lowest BCUT2D eigenvalue weighted by molar-refractivity contribution is 0.112. The van der Waals surface area contributed by atoms with Crippen molar-refractivity contribution >= 4 is 45.8 Å². The third kappa shape index (κ3) is 2.22. The summed E-state index contributed by atoms with van der Waals surface area (Å²) in [5.74, 6) is 0.341. The molecule has 0 aliphatic carbocycles. The molecule has 8 heteroatoms. The minimum atomic E-state index is 0.341. The van der Waals surface area contributed by atoms with Crippen LogP contribution in [0.3, 0.4) is 0 Å². The zero-order chi connectivity index (χ0) is 16.0. The molecule has 0 saturated carbocycles. The van der Waals surface area contributed by atoms with E-state index in [1.165, 1.54) is 6.33 Å². The van der Waals surface area contributed by atoms with Crippen molar-refractivity contribution in [1.29, 1.82) is 0 Å². The Morgan fingerprint density at radius 3 is 2.96 bits per heavy atom. The summed E-state index contributed by atoms with van der Waals surface area (Å²) < 4.78 is 1.86. The van der Waals surface area contributed by atoms with E-state index in [2.05, 4.69) is 19.9 Å². The Balaban J connectivity index is 1.87. The zero-order valence-electron chi connectivity index (χ0n) is 11.8. The van der Waals surface area contributed by atoms with Gasteiger partial charge in [0.1, 0.15) is 11.8 Å². The van der Waals surface area contributed by atoms with Crippen LogP contribution in [0.4, 0.5) is 5.82 Å². The summed E-state index contributed by atoms with van der Waals surface area (Å²) >= 11 is 6.19. The molecule has 7 nitrogen and oxygen atoms in total. The number of fused-ring (bicyclic) bond motifs is 2. The highest BCUT2D eigenvalue weighted by Gasteiger charge is 2.12. The number of aldehydes is 1. The molecule has 114 valence electrons. The smallest absolute Gasteiger partial charge is 0.166 e. The molecular weight excluding hydrogens is 316 g/mol. The molecule has 23 heavy (non-hydrogen) atoms. The predicted molar refractivity (Wildman–Crippen MR) is 87.5 cm³/mol. The third-order valence-corrected chi connectivity index (χ3v) is 3.91. The van der Waals surface area contributed by atoms with Crippen LogP contribution in [0.2, 0.25) is 5.02 Å². The number of nitrogens with zero attached hydrogens (tertiary/aromatic N) is 4. The molecular formula is C15H11ClN6O. The number of halogens is 1. The Hall–Kier alpha value is -2.93. The second-order valence-corrected chi connectivity index (χ2v) is 5.61. The summed E-state index contributed by atoms with van der Waals surface area (Å²) in [5, 5.41) is 1.48. The molecule has 0 aliphatic rings. The molecule has 0 atom stereocenters. The van der Waals surface area contributed by atoms with Crippen LogP contribution in [-0.2, 0) is 6.54 Å². The number of hydrogen-bond donors (Lipinski definition) is 2. The van der Waals surface area contributed by atoms with E-state index in [0.717, 1.165) is 22.8 Å². The van der Waals surface area contributed by atoms with Crippen LogP contribution in [0, 0.1) is 0 Å². The standard InChI is InChI=1S/C15H11ClN6O/c16-10-1-8-3-11(5-23)21-12(8)9(2-10)4-22-7-20-13-14(17)18-6-19-15(13)22/h1-3,5-7,21H,4H2,(H2,17,18,19). The van der Waals surface area contributed by atoms with Crippen LogP contribution in [0.5, 0.6) is 0 Å².